The van der Waals surface area contributed by atoms with Crippen molar-refractivity contribution in [2.24, 2.45) is 11.7 Å². The monoisotopic (exact) mass is 768 g/mol. The van der Waals surface area contributed by atoms with Crippen molar-refractivity contribution in [1.82, 2.24) is 26.2 Å². The van der Waals surface area contributed by atoms with Crippen LogP contribution in [-0.2, 0) is 46.4 Å². The SMILES string of the molecule is CC[C@H](C)[C@H](NC(=O)[C@H](Cc1ccccc1)NC(=O)[C@H](CCC(=O)O)NC(=O)[C@@H](N)CC(=O)O)C(=O)N[C@@H](Cc1ccc(O)cc1)C(=O)N1CCC[C@H]1CO. The van der Waals surface area contributed by atoms with Crippen LogP contribution in [0.1, 0.15) is 63.5 Å². The van der Waals surface area contributed by atoms with E-state index in [9.17, 15) is 48.9 Å². The molecule has 7 atom stereocenters. The van der Waals surface area contributed by atoms with Gasteiger partial charge in [0.1, 0.15) is 29.9 Å². The molecule has 5 amide bonds. The van der Waals surface area contributed by atoms with Crippen LogP contribution in [0, 0.1) is 5.92 Å². The molecule has 2 aromatic carbocycles. The number of phenolic OH excluding ortho intramolecular Hbond substituents is 1. The molecule has 17 nitrogen and oxygen atoms in total. The predicted molar refractivity (Wildman–Crippen MR) is 198 cm³/mol. The Labute approximate surface area is 319 Å². The van der Waals surface area contributed by atoms with Crippen LogP contribution < -0.4 is 27.0 Å². The summed E-state index contributed by atoms with van der Waals surface area (Å²) < 4.78 is 0. The first-order valence-electron chi connectivity index (χ1n) is 18.3. The van der Waals surface area contributed by atoms with E-state index < -0.39 is 103 Å². The summed E-state index contributed by atoms with van der Waals surface area (Å²) in [7, 11) is 0. The van der Waals surface area contributed by atoms with E-state index in [1.54, 1.807) is 56.3 Å². The van der Waals surface area contributed by atoms with E-state index in [4.69, 9.17) is 10.8 Å². The van der Waals surface area contributed by atoms with Gasteiger partial charge in [-0.1, -0.05) is 62.7 Å². The summed E-state index contributed by atoms with van der Waals surface area (Å²) in [5, 5.41) is 48.4. The van der Waals surface area contributed by atoms with Crippen molar-refractivity contribution in [3.05, 3.63) is 65.7 Å². The lowest BCUT2D eigenvalue weighted by atomic mass is 9.96. The second-order valence-corrected chi connectivity index (χ2v) is 13.8. The highest BCUT2D eigenvalue weighted by atomic mass is 16.4. The lowest BCUT2D eigenvalue weighted by Crippen LogP contribution is -2.61. The first kappa shape index (κ1) is 43.9. The molecule has 300 valence electrons. The zero-order chi connectivity index (χ0) is 40.7. The van der Waals surface area contributed by atoms with Gasteiger partial charge in [-0.2, -0.15) is 0 Å². The number of rotatable bonds is 21. The number of aliphatic hydroxyl groups is 1. The minimum atomic E-state index is -1.54. The Morgan fingerprint density at radius 1 is 0.782 bits per heavy atom. The van der Waals surface area contributed by atoms with Gasteiger partial charge in [0.2, 0.25) is 29.5 Å². The number of phenols is 1. The maximum Gasteiger partial charge on any atom is 0.305 e. The Morgan fingerprint density at radius 2 is 1.36 bits per heavy atom. The summed E-state index contributed by atoms with van der Waals surface area (Å²) >= 11 is 0. The summed E-state index contributed by atoms with van der Waals surface area (Å²) in [6.07, 6.45) is -0.0570. The summed E-state index contributed by atoms with van der Waals surface area (Å²) in [5.41, 5.74) is 6.92. The molecule has 55 heavy (non-hydrogen) atoms. The van der Waals surface area contributed by atoms with Gasteiger partial charge in [-0.05, 0) is 48.4 Å². The van der Waals surface area contributed by atoms with Crippen molar-refractivity contribution in [2.75, 3.05) is 13.2 Å². The quantitative estimate of drug-likeness (QED) is 0.0800. The van der Waals surface area contributed by atoms with Crippen molar-refractivity contribution in [3.63, 3.8) is 0 Å². The number of hydrogen-bond acceptors (Lipinski definition) is 10. The second-order valence-electron chi connectivity index (χ2n) is 13.8. The number of nitrogens with one attached hydrogen (secondary N) is 4. The molecule has 0 spiro atoms. The molecule has 10 N–H and O–H groups in total. The molecule has 0 aliphatic carbocycles. The summed E-state index contributed by atoms with van der Waals surface area (Å²) in [6, 6.07) is 7.61. The number of aliphatic hydroxyl groups excluding tert-OH is 1. The third-order valence-electron chi connectivity index (χ3n) is 9.58. The number of amides is 5. The van der Waals surface area contributed by atoms with E-state index in [1.165, 1.54) is 17.0 Å². The Hall–Kier alpha value is -5.55. The van der Waals surface area contributed by atoms with Crippen LogP contribution in [0.5, 0.6) is 5.75 Å². The summed E-state index contributed by atoms with van der Waals surface area (Å²) in [6.45, 7) is 3.67. The Bertz CT molecular complexity index is 1640. The molecule has 1 aliphatic heterocycles. The van der Waals surface area contributed by atoms with E-state index in [0.29, 0.717) is 36.9 Å². The molecule has 0 saturated carbocycles. The predicted octanol–water partition coefficient (Wildman–Crippen LogP) is -0.187. The molecule has 1 aliphatic rings. The number of likely N-dealkylation sites (tertiary alicyclic amines) is 1. The third-order valence-corrected chi connectivity index (χ3v) is 9.58. The first-order chi connectivity index (χ1) is 26.1. The van der Waals surface area contributed by atoms with Crippen LogP contribution in [-0.4, -0.2) is 116 Å². The van der Waals surface area contributed by atoms with Crippen molar-refractivity contribution < 1.29 is 54.0 Å². The molecule has 0 radical (unpaired) electrons. The zero-order valence-electron chi connectivity index (χ0n) is 31.0. The van der Waals surface area contributed by atoms with Crippen LogP contribution in [0.15, 0.2) is 54.6 Å². The van der Waals surface area contributed by atoms with E-state index in [-0.39, 0.29) is 25.2 Å². The Morgan fingerprint density at radius 3 is 1.96 bits per heavy atom. The van der Waals surface area contributed by atoms with Crippen molar-refractivity contribution in [1.29, 1.82) is 0 Å². The third kappa shape index (κ3) is 13.7. The fourth-order valence-electron chi connectivity index (χ4n) is 6.23. The van der Waals surface area contributed by atoms with Gasteiger partial charge in [-0.25, -0.2) is 0 Å². The molecule has 1 heterocycles. The lowest BCUT2D eigenvalue weighted by Gasteiger charge is -2.31. The highest BCUT2D eigenvalue weighted by Gasteiger charge is 2.37. The first-order valence-corrected chi connectivity index (χ1v) is 18.3. The number of nitrogens with zero attached hydrogens (tertiary/aromatic N) is 1. The number of carboxylic acid groups (broad SMARTS) is 2. The fraction of sp³-hybridized carbons (Fsp3) is 0.500. The number of aliphatic carboxylic acids is 2. The lowest BCUT2D eigenvalue weighted by molar-refractivity contribution is -0.140. The van der Waals surface area contributed by atoms with Crippen molar-refractivity contribution in [3.8, 4) is 5.75 Å². The van der Waals surface area contributed by atoms with E-state index >= 15 is 0 Å². The largest absolute Gasteiger partial charge is 0.508 e. The molecule has 3 rings (SSSR count). The van der Waals surface area contributed by atoms with Crippen LogP contribution in [0.3, 0.4) is 0 Å². The molecule has 1 saturated heterocycles. The standard InChI is InChI=1S/C38H52N6O11/c1-3-22(2)33(37(54)42-30(19-24-11-13-26(46)14-12-24)38(55)44-17-7-10-25(44)21-45)43-36(53)29(18-23-8-5-4-6-9-23)41-35(52)28(15-16-31(47)48)40-34(51)27(39)20-32(49)50/h4-6,8-9,11-14,22,25,27-30,33,45-46H,3,7,10,15-21,39H2,1-2H3,(H,40,51)(H,41,52)(H,42,54)(H,43,53)(H,47,48)(H,49,50)/t22-,25-,27-,28-,29-,30-,33-/m0/s1. The number of carbonyl (C=O) groups is 7. The van der Waals surface area contributed by atoms with Crippen molar-refractivity contribution >= 4 is 41.5 Å². The molecular weight excluding hydrogens is 716 g/mol. The van der Waals surface area contributed by atoms with Crippen LogP contribution in [0.4, 0.5) is 0 Å². The number of carboxylic acids is 2. The zero-order valence-corrected chi connectivity index (χ0v) is 31.0. The fourth-order valence-corrected chi connectivity index (χ4v) is 6.23. The normalized spacial score (nSPS) is 17.1. The van der Waals surface area contributed by atoms with Crippen LogP contribution >= 0.6 is 0 Å². The minimum Gasteiger partial charge on any atom is -0.508 e. The highest BCUT2D eigenvalue weighted by Crippen LogP contribution is 2.20. The van der Waals surface area contributed by atoms with Gasteiger partial charge < -0.3 is 52.3 Å². The molecular formula is C38H52N6O11. The summed E-state index contributed by atoms with van der Waals surface area (Å²) in [5.74, 6) is -6.94. The highest BCUT2D eigenvalue weighted by molar-refractivity contribution is 5.96. The van der Waals surface area contributed by atoms with Gasteiger partial charge in [-0.15, -0.1) is 0 Å². The topological polar surface area (TPSA) is 278 Å². The molecule has 0 bridgehead atoms. The molecule has 0 unspecified atom stereocenters. The molecule has 17 heteroatoms. The van der Waals surface area contributed by atoms with Gasteiger partial charge in [0.25, 0.3) is 0 Å². The smallest absolute Gasteiger partial charge is 0.305 e. The van der Waals surface area contributed by atoms with E-state index in [2.05, 4.69) is 21.3 Å². The van der Waals surface area contributed by atoms with Gasteiger partial charge in [-0.3, -0.25) is 33.6 Å². The van der Waals surface area contributed by atoms with Gasteiger partial charge >= 0.3 is 11.9 Å². The number of hydrogen-bond donors (Lipinski definition) is 9. The number of carbonyl (C=O) groups excluding carboxylic acids is 5. The van der Waals surface area contributed by atoms with Gasteiger partial charge in [0, 0.05) is 25.8 Å². The second kappa shape index (κ2) is 21.4. The molecule has 0 aromatic heterocycles. The van der Waals surface area contributed by atoms with E-state index in [1.807, 2.05) is 0 Å². The van der Waals surface area contributed by atoms with Gasteiger partial charge in [0.15, 0.2) is 0 Å². The van der Waals surface area contributed by atoms with Crippen molar-refractivity contribution in [2.45, 2.75) is 101 Å². The van der Waals surface area contributed by atoms with Crippen LogP contribution in [0.2, 0.25) is 0 Å². The Balaban J connectivity index is 1.90. The number of nitrogens with two attached hydrogens (primary N) is 1. The number of aromatic hydroxyl groups is 1. The maximum absolute atomic E-state index is 14.1. The van der Waals surface area contributed by atoms with Crippen LogP contribution in [0.25, 0.3) is 0 Å². The molecule has 1 fully saturated rings. The minimum absolute atomic E-state index is 0.0181. The van der Waals surface area contributed by atoms with Gasteiger partial charge in [0.05, 0.1) is 25.1 Å². The average Bonchev–Trinajstić information content (AvgIpc) is 3.64. The number of benzene rings is 2. The summed E-state index contributed by atoms with van der Waals surface area (Å²) in [4.78, 5) is 92.4. The Kier molecular flexibility index (Phi) is 17.0. The molecule has 2 aromatic rings. The average molecular weight is 769 g/mol. The maximum atomic E-state index is 14.1. The van der Waals surface area contributed by atoms with E-state index in [0.717, 1.165) is 0 Å².